The normalized spacial score (nSPS) is 16.8. The topological polar surface area (TPSA) is 85.5 Å². The maximum atomic E-state index is 11.5. The van der Waals surface area contributed by atoms with Gasteiger partial charge >= 0.3 is 5.97 Å². The minimum Gasteiger partial charge on any atom is -0.481 e. The number of hydrogen-bond acceptors (Lipinski definition) is 5. The van der Waals surface area contributed by atoms with Gasteiger partial charge in [0.05, 0.1) is 5.41 Å². The number of carbonyl (C=O) groups is 1. The van der Waals surface area contributed by atoms with Crippen molar-refractivity contribution in [1.29, 1.82) is 0 Å². The summed E-state index contributed by atoms with van der Waals surface area (Å²) >= 11 is 0. The molecule has 2 atom stereocenters. The zero-order valence-corrected chi connectivity index (χ0v) is 13.9. The molecule has 0 aliphatic heterocycles. The molecule has 0 aromatic carbocycles. The maximum absolute atomic E-state index is 11.5. The molecule has 0 bridgehead atoms. The number of aromatic nitrogens is 2. The van der Waals surface area contributed by atoms with Crippen LogP contribution in [-0.2, 0) is 16.0 Å². The van der Waals surface area contributed by atoms with Gasteiger partial charge in [-0.2, -0.15) is 4.98 Å². The first kappa shape index (κ1) is 17.6. The van der Waals surface area contributed by atoms with Crippen molar-refractivity contribution in [2.24, 2.45) is 16.7 Å². The molecule has 0 saturated carbocycles. The minimum absolute atomic E-state index is 0.0498. The van der Waals surface area contributed by atoms with Crippen LogP contribution in [0.5, 0.6) is 0 Å². The second kappa shape index (κ2) is 6.13. The van der Waals surface area contributed by atoms with E-state index in [1.54, 1.807) is 14.0 Å². The third-order valence-corrected chi connectivity index (χ3v) is 4.02. The molecule has 2 unspecified atom stereocenters. The Balaban J connectivity index is 3.01. The van der Waals surface area contributed by atoms with Crippen LogP contribution in [0.15, 0.2) is 4.52 Å². The van der Waals surface area contributed by atoms with Crippen LogP contribution in [-0.4, -0.2) is 28.3 Å². The van der Waals surface area contributed by atoms with Crippen LogP contribution in [0.1, 0.15) is 59.4 Å². The van der Waals surface area contributed by atoms with Gasteiger partial charge in [0.25, 0.3) is 0 Å². The van der Waals surface area contributed by atoms with Crippen molar-refractivity contribution in [2.45, 2.75) is 54.1 Å². The van der Waals surface area contributed by atoms with E-state index in [-0.39, 0.29) is 23.9 Å². The molecule has 21 heavy (non-hydrogen) atoms. The Morgan fingerprint density at radius 1 is 1.33 bits per heavy atom. The van der Waals surface area contributed by atoms with E-state index in [1.807, 2.05) is 34.6 Å². The summed E-state index contributed by atoms with van der Waals surface area (Å²) in [5.41, 5.74) is -1.11. The van der Waals surface area contributed by atoms with Crippen molar-refractivity contribution in [2.75, 3.05) is 7.11 Å². The zero-order chi connectivity index (χ0) is 16.4. The lowest BCUT2D eigenvalue weighted by atomic mass is 9.76. The van der Waals surface area contributed by atoms with E-state index in [0.29, 0.717) is 11.7 Å². The molecule has 6 heteroatoms. The molecular formula is C15H26N2O4. The van der Waals surface area contributed by atoms with Crippen LogP contribution in [0.3, 0.4) is 0 Å². The fourth-order valence-electron chi connectivity index (χ4n) is 2.13. The highest BCUT2D eigenvalue weighted by Crippen LogP contribution is 2.35. The summed E-state index contributed by atoms with van der Waals surface area (Å²) < 4.78 is 10.7. The monoisotopic (exact) mass is 298 g/mol. The van der Waals surface area contributed by atoms with Gasteiger partial charge in [0.15, 0.2) is 0 Å². The smallest absolute Gasteiger partial charge is 0.310 e. The van der Waals surface area contributed by atoms with E-state index in [0.717, 1.165) is 0 Å². The first-order chi connectivity index (χ1) is 9.52. The van der Waals surface area contributed by atoms with E-state index in [4.69, 9.17) is 9.26 Å². The number of aliphatic carboxylic acids is 1. The van der Waals surface area contributed by atoms with Gasteiger partial charge in [-0.05, 0) is 18.3 Å². The Morgan fingerprint density at radius 3 is 2.29 bits per heavy atom. The number of ether oxygens (including phenoxy) is 1. The van der Waals surface area contributed by atoms with Crippen molar-refractivity contribution in [1.82, 2.24) is 10.1 Å². The van der Waals surface area contributed by atoms with Gasteiger partial charge in [-0.1, -0.05) is 39.8 Å². The third kappa shape index (κ3) is 3.81. The summed E-state index contributed by atoms with van der Waals surface area (Å²) in [4.78, 5) is 15.8. The van der Waals surface area contributed by atoms with E-state index in [9.17, 15) is 9.90 Å². The molecule has 0 amide bonds. The molecule has 0 fully saturated rings. The molecule has 0 saturated heterocycles. The summed E-state index contributed by atoms with van der Waals surface area (Å²) in [6.45, 7) is 11.5. The maximum Gasteiger partial charge on any atom is 0.310 e. The predicted octanol–water partition coefficient (Wildman–Crippen LogP) is 3.09. The molecule has 0 aliphatic rings. The number of nitrogens with zero attached hydrogens (tertiary/aromatic N) is 2. The number of carboxylic acids is 1. The highest BCUT2D eigenvalue weighted by molar-refractivity contribution is 5.74. The standard InChI is InChI=1S/C15H26N2O4/c1-9(2)15(6,13(18)19)8-10-16-12(17-21-10)11(20-7)14(3,4)5/h9,11H,8H2,1-7H3,(H,18,19). The van der Waals surface area contributed by atoms with Crippen LogP contribution in [0, 0.1) is 16.7 Å². The zero-order valence-electron chi connectivity index (χ0n) is 13.9. The Bertz CT molecular complexity index is 490. The van der Waals surface area contributed by atoms with Crippen molar-refractivity contribution in [3.8, 4) is 0 Å². The lowest BCUT2D eigenvalue weighted by Gasteiger charge is -2.27. The Kier molecular flexibility index (Phi) is 5.15. The SMILES string of the molecule is COC(c1noc(CC(C)(C(=O)O)C(C)C)n1)C(C)(C)C. The second-order valence-electron chi connectivity index (χ2n) is 7.08. The number of hydrogen-bond donors (Lipinski definition) is 1. The van der Waals surface area contributed by atoms with Crippen LogP contribution in [0.25, 0.3) is 0 Å². The van der Waals surface area contributed by atoms with Crippen molar-refractivity contribution >= 4 is 5.97 Å². The van der Waals surface area contributed by atoms with Crippen molar-refractivity contribution in [3.63, 3.8) is 0 Å². The van der Waals surface area contributed by atoms with Crippen LogP contribution < -0.4 is 0 Å². The highest BCUT2D eigenvalue weighted by Gasteiger charge is 2.39. The molecule has 0 spiro atoms. The van der Waals surface area contributed by atoms with Crippen LogP contribution >= 0.6 is 0 Å². The molecule has 1 heterocycles. The Labute approximate surface area is 125 Å². The first-order valence-electron chi connectivity index (χ1n) is 7.11. The van der Waals surface area contributed by atoms with Gasteiger partial charge in [-0.25, -0.2) is 0 Å². The Hall–Kier alpha value is -1.43. The van der Waals surface area contributed by atoms with E-state index in [2.05, 4.69) is 10.1 Å². The van der Waals surface area contributed by atoms with E-state index >= 15 is 0 Å². The molecule has 1 rings (SSSR count). The molecule has 1 N–H and O–H groups in total. The average Bonchev–Trinajstić information content (AvgIpc) is 2.75. The first-order valence-corrected chi connectivity index (χ1v) is 7.11. The summed E-state index contributed by atoms with van der Waals surface area (Å²) in [7, 11) is 1.60. The molecule has 120 valence electrons. The molecule has 1 aromatic heterocycles. The van der Waals surface area contributed by atoms with Gasteiger partial charge in [0, 0.05) is 13.5 Å². The van der Waals surface area contributed by atoms with Crippen molar-refractivity contribution in [3.05, 3.63) is 11.7 Å². The Morgan fingerprint density at radius 2 is 1.90 bits per heavy atom. The summed E-state index contributed by atoms with van der Waals surface area (Å²) in [5, 5.41) is 13.4. The average molecular weight is 298 g/mol. The molecule has 0 radical (unpaired) electrons. The summed E-state index contributed by atoms with van der Waals surface area (Å²) in [5.74, 6) is -0.131. The van der Waals surface area contributed by atoms with E-state index in [1.165, 1.54) is 0 Å². The fourth-order valence-corrected chi connectivity index (χ4v) is 2.13. The van der Waals surface area contributed by atoms with Gasteiger partial charge in [-0.15, -0.1) is 0 Å². The highest BCUT2D eigenvalue weighted by atomic mass is 16.5. The van der Waals surface area contributed by atoms with Gasteiger partial charge < -0.3 is 14.4 Å². The van der Waals surface area contributed by atoms with Crippen LogP contribution in [0.2, 0.25) is 0 Å². The number of methoxy groups -OCH3 is 1. The summed E-state index contributed by atoms with van der Waals surface area (Å²) in [6.07, 6.45) is -0.0988. The lowest BCUT2D eigenvalue weighted by Crippen LogP contribution is -2.35. The van der Waals surface area contributed by atoms with Gasteiger partial charge in [-0.3, -0.25) is 4.79 Å². The second-order valence-corrected chi connectivity index (χ2v) is 7.08. The third-order valence-electron chi connectivity index (χ3n) is 4.02. The fraction of sp³-hybridized carbons (Fsp3) is 0.800. The molecule has 1 aromatic rings. The van der Waals surface area contributed by atoms with Gasteiger partial charge in [0.1, 0.15) is 6.10 Å². The molecular weight excluding hydrogens is 272 g/mol. The quantitative estimate of drug-likeness (QED) is 0.868. The van der Waals surface area contributed by atoms with Gasteiger partial charge in [0.2, 0.25) is 11.7 Å². The lowest BCUT2D eigenvalue weighted by molar-refractivity contribution is -0.150. The largest absolute Gasteiger partial charge is 0.481 e. The van der Waals surface area contributed by atoms with E-state index < -0.39 is 11.4 Å². The minimum atomic E-state index is -0.936. The number of rotatable bonds is 6. The predicted molar refractivity (Wildman–Crippen MR) is 77.8 cm³/mol. The molecule has 0 aliphatic carbocycles. The van der Waals surface area contributed by atoms with Crippen molar-refractivity contribution < 1.29 is 19.2 Å². The number of carboxylic acid groups (broad SMARTS) is 1. The molecule has 6 nitrogen and oxygen atoms in total. The van der Waals surface area contributed by atoms with Crippen LogP contribution in [0.4, 0.5) is 0 Å². The summed E-state index contributed by atoms with van der Waals surface area (Å²) in [6, 6.07) is 0.